The highest BCUT2D eigenvalue weighted by atomic mass is 35.5. The molecule has 2 aromatic rings. The van der Waals surface area contributed by atoms with E-state index in [0.29, 0.717) is 5.88 Å². The fraction of sp³-hybridized carbons (Fsp3) is 0.300. The van der Waals surface area contributed by atoms with Gasteiger partial charge in [0.15, 0.2) is 0 Å². The number of imidazole rings is 1. The SMILES string of the molecule is Cl.ClCCCn1cnc2ccccc21. The van der Waals surface area contributed by atoms with Crippen LogP contribution in [0.25, 0.3) is 11.0 Å². The number of hydrogen-bond acceptors (Lipinski definition) is 1. The second kappa shape index (κ2) is 5.23. The minimum atomic E-state index is 0. The summed E-state index contributed by atoms with van der Waals surface area (Å²) in [5.74, 6) is 0.701. The Morgan fingerprint density at radius 3 is 2.86 bits per heavy atom. The molecular weight excluding hydrogens is 219 g/mol. The van der Waals surface area contributed by atoms with Crippen LogP contribution in [0.1, 0.15) is 6.42 Å². The van der Waals surface area contributed by atoms with E-state index in [1.165, 1.54) is 5.52 Å². The highest BCUT2D eigenvalue weighted by Gasteiger charge is 1.99. The van der Waals surface area contributed by atoms with Crippen molar-refractivity contribution >= 4 is 35.0 Å². The summed E-state index contributed by atoms with van der Waals surface area (Å²) in [7, 11) is 0. The second-order valence-corrected chi connectivity index (χ2v) is 3.35. The summed E-state index contributed by atoms with van der Waals surface area (Å²) in [5, 5.41) is 0. The average molecular weight is 231 g/mol. The molecule has 1 aromatic carbocycles. The van der Waals surface area contributed by atoms with Gasteiger partial charge in [0, 0.05) is 12.4 Å². The highest BCUT2D eigenvalue weighted by molar-refractivity contribution is 6.17. The molecule has 0 bridgehead atoms. The van der Waals surface area contributed by atoms with Crippen molar-refractivity contribution in [2.75, 3.05) is 5.88 Å². The summed E-state index contributed by atoms with van der Waals surface area (Å²) in [6.45, 7) is 0.948. The van der Waals surface area contributed by atoms with E-state index in [1.807, 2.05) is 24.5 Å². The van der Waals surface area contributed by atoms with E-state index in [-0.39, 0.29) is 12.4 Å². The van der Waals surface area contributed by atoms with Gasteiger partial charge in [-0.15, -0.1) is 24.0 Å². The molecule has 0 amide bonds. The number of para-hydroxylation sites is 2. The zero-order valence-electron chi connectivity index (χ0n) is 7.69. The number of halogens is 2. The molecule has 0 radical (unpaired) electrons. The summed E-state index contributed by atoms with van der Waals surface area (Å²) in [5.41, 5.74) is 2.24. The van der Waals surface area contributed by atoms with Gasteiger partial charge < -0.3 is 4.57 Å². The van der Waals surface area contributed by atoms with Crippen LogP contribution in [0.2, 0.25) is 0 Å². The van der Waals surface area contributed by atoms with Crippen LogP contribution in [-0.2, 0) is 6.54 Å². The molecule has 2 nitrogen and oxygen atoms in total. The first kappa shape index (κ1) is 11.3. The normalized spacial score (nSPS) is 10.1. The standard InChI is InChI=1S/C10H11ClN2.ClH/c11-6-3-7-13-8-12-9-4-1-2-5-10(9)13;/h1-2,4-5,8H,3,6-7H2;1H. The number of aryl methyl sites for hydroxylation is 1. The van der Waals surface area contributed by atoms with E-state index in [4.69, 9.17) is 11.6 Å². The molecule has 2 rings (SSSR count). The van der Waals surface area contributed by atoms with E-state index in [9.17, 15) is 0 Å². The Morgan fingerprint density at radius 1 is 1.29 bits per heavy atom. The van der Waals surface area contributed by atoms with Crippen LogP contribution in [0.4, 0.5) is 0 Å². The van der Waals surface area contributed by atoms with Gasteiger partial charge in [0.1, 0.15) is 0 Å². The van der Waals surface area contributed by atoms with E-state index in [0.717, 1.165) is 18.5 Å². The third kappa shape index (κ3) is 2.20. The van der Waals surface area contributed by atoms with Crippen LogP contribution in [0.15, 0.2) is 30.6 Å². The first-order chi connectivity index (χ1) is 6.42. The lowest BCUT2D eigenvalue weighted by molar-refractivity contribution is 0.700. The van der Waals surface area contributed by atoms with Gasteiger partial charge in [-0.2, -0.15) is 0 Å². The van der Waals surface area contributed by atoms with Gasteiger partial charge in [0.2, 0.25) is 0 Å². The molecule has 0 spiro atoms. The van der Waals surface area contributed by atoms with Crippen LogP contribution < -0.4 is 0 Å². The van der Waals surface area contributed by atoms with Crippen LogP contribution in [0.5, 0.6) is 0 Å². The molecule has 0 aliphatic rings. The maximum absolute atomic E-state index is 5.64. The number of nitrogens with zero attached hydrogens (tertiary/aromatic N) is 2. The number of aromatic nitrogens is 2. The largest absolute Gasteiger partial charge is 0.331 e. The highest BCUT2D eigenvalue weighted by Crippen LogP contribution is 2.11. The Hall–Kier alpha value is -0.730. The van der Waals surface area contributed by atoms with Gasteiger partial charge in [-0.1, -0.05) is 12.1 Å². The minimum absolute atomic E-state index is 0. The molecule has 0 saturated heterocycles. The quantitative estimate of drug-likeness (QED) is 0.742. The molecule has 14 heavy (non-hydrogen) atoms. The molecule has 0 aliphatic heterocycles. The Kier molecular flexibility index (Phi) is 4.23. The Morgan fingerprint density at radius 2 is 2.07 bits per heavy atom. The third-order valence-electron chi connectivity index (χ3n) is 2.06. The summed E-state index contributed by atoms with van der Waals surface area (Å²) in [4.78, 5) is 4.29. The lowest BCUT2D eigenvalue weighted by Crippen LogP contribution is -1.95. The summed E-state index contributed by atoms with van der Waals surface area (Å²) in [6.07, 6.45) is 2.86. The predicted octanol–water partition coefficient (Wildman–Crippen LogP) is 3.09. The molecule has 0 N–H and O–H groups in total. The molecule has 0 fully saturated rings. The van der Waals surface area contributed by atoms with E-state index >= 15 is 0 Å². The van der Waals surface area contributed by atoms with Crippen molar-refractivity contribution in [3.8, 4) is 0 Å². The molecule has 1 heterocycles. The van der Waals surface area contributed by atoms with Crippen molar-refractivity contribution < 1.29 is 0 Å². The Labute approximate surface area is 94.3 Å². The lowest BCUT2D eigenvalue weighted by atomic mass is 10.3. The van der Waals surface area contributed by atoms with Crippen LogP contribution in [0, 0.1) is 0 Å². The number of alkyl halides is 1. The molecule has 0 unspecified atom stereocenters. The minimum Gasteiger partial charge on any atom is -0.331 e. The van der Waals surface area contributed by atoms with Crippen molar-refractivity contribution in [1.29, 1.82) is 0 Å². The monoisotopic (exact) mass is 230 g/mol. The van der Waals surface area contributed by atoms with Gasteiger partial charge in [-0.3, -0.25) is 0 Å². The van der Waals surface area contributed by atoms with Crippen molar-refractivity contribution in [2.24, 2.45) is 0 Å². The smallest absolute Gasteiger partial charge is 0.0958 e. The zero-order valence-corrected chi connectivity index (χ0v) is 9.26. The van der Waals surface area contributed by atoms with Gasteiger partial charge in [0.05, 0.1) is 17.4 Å². The predicted molar refractivity (Wildman–Crippen MR) is 62.3 cm³/mol. The van der Waals surface area contributed by atoms with Crippen LogP contribution in [-0.4, -0.2) is 15.4 Å². The number of benzene rings is 1. The fourth-order valence-electron chi connectivity index (χ4n) is 1.42. The average Bonchev–Trinajstić information content (AvgIpc) is 2.58. The second-order valence-electron chi connectivity index (χ2n) is 2.97. The van der Waals surface area contributed by atoms with Gasteiger partial charge in [0.25, 0.3) is 0 Å². The van der Waals surface area contributed by atoms with E-state index in [2.05, 4.69) is 15.6 Å². The van der Waals surface area contributed by atoms with E-state index in [1.54, 1.807) is 0 Å². The first-order valence-corrected chi connectivity index (χ1v) is 4.91. The van der Waals surface area contributed by atoms with Crippen molar-refractivity contribution in [1.82, 2.24) is 9.55 Å². The third-order valence-corrected chi connectivity index (χ3v) is 2.33. The van der Waals surface area contributed by atoms with Gasteiger partial charge >= 0.3 is 0 Å². The molecule has 4 heteroatoms. The lowest BCUT2D eigenvalue weighted by Gasteiger charge is -2.00. The first-order valence-electron chi connectivity index (χ1n) is 4.37. The maximum Gasteiger partial charge on any atom is 0.0958 e. The molecule has 1 aromatic heterocycles. The fourth-order valence-corrected chi connectivity index (χ4v) is 1.54. The summed E-state index contributed by atoms with van der Waals surface area (Å²) >= 11 is 5.64. The van der Waals surface area contributed by atoms with E-state index < -0.39 is 0 Å². The summed E-state index contributed by atoms with van der Waals surface area (Å²) < 4.78 is 2.14. The molecule has 76 valence electrons. The van der Waals surface area contributed by atoms with Gasteiger partial charge in [-0.25, -0.2) is 4.98 Å². The zero-order chi connectivity index (χ0) is 9.10. The van der Waals surface area contributed by atoms with Gasteiger partial charge in [-0.05, 0) is 18.6 Å². The van der Waals surface area contributed by atoms with Crippen molar-refractivity contribution in [3.63, 3.8) is 0 Å². The number of rotatable bonds is 3. The maximum atomic E-state index is 5.64. The Bertz CT molecular complexity index is 398. The van der Waals surface area contributed by atoms with Crippen molar-refractivity contribution in [3.05, 3.63) is 30.6 Å². The summed E-state index contributed by atoms with van der Waals surface area (Å²) in [6, 6.07) is 8.13. The molecular formula is C10H12Cl2N2. The molecule has 0 atom stereocenters. The van der Waals surface area contributed by atoms with Crippen LogP contribution in [0.3, 0.4) is 0 Å². The molecule has 0 aliphatic carbocycles. The Balaban J connectivity index is 0.000000980. The van der Waals surface area contributed by atoms with Crippen LogP contribution >= 0.6 is 24.0 Å². The molecule has 0 saturated carbocycles. The van der Waals surface area contributed by atoms with Crippen molar-refractivity contribution in [2.45, 2.75) is 13.0 Å². The number of hydrogen-bond donors (Lipinski definition) is 0. The number of fused-ring (bicyclic) bond motifs is 1. The topological polar surface area (TPSA) is 17.8 Å².